The molecule has 0 aromatic heterocycles. The van der Waals surface area contributed by atoms with Crippen LogP contribution in [0.5, 0.6) is 0 Å². The molecule has 1 aliphatic carbocycles. The number of hydrogen-bond donors (Lipinski definition) is 1. The quantitative estimate of drug-likeness (QED) is 0.626. The molecule has 1 aliphatic rings. The maximum absolute atomic E-state index is 14.1. The predicted molar refractivity (Wildman–Crippen MR) is 112 cm³/mol. The molecule has 2 aromatic carbocycles. The summed E-state index contributed by atoms with van der Waals surface area (Å²) in [5.74, 6) is -0.0600. The summed E-state index contributed by atoms with van der Waals surface area (Å²) >= 11 is 3.70. The van der Waals surface area contributed by atoms with Gasteiger partial charge in [0.05, 0.1) is 5.60 Å². The maximum Gasteiger partial charge on any atom is 0.126 e. The highest BCUT2D eigenvalue weighted by Crippen LogP contribution is 2.47. The van der Waals surface area contributed by atoms with Gasteiger partial charge in [0.15, 0.2) is 0 Å². The summed E-state index contributed by atoms with van der Waals surface area (Å²) in [4.78, 5) is 2.21. The molecule has 0 spiro atoms. The van der Waals surface area contributed by atoms with Crippen molar-refractivity contribution in [2.24, 2.45) is 5.92 Å². The molecule has 0 bridgehead atoms. The Kier molecular flexibility index (Phi) is 6.72. The van der Waals surface area contributed by atoms with E-state index in [4.69, 9.17) is 0 Å². The lowest BCUT2D eigenvalue weighted by Crippen LogP contribution is -2.47. The first-order chi connectivity index (χ1) is 12.9. The monoisotopic (exact) mass is 433 g/mol. The van der Waals surface area contributed by atoms with Crippen LogP contribution in [0.15, 0.2) is 53.0 Å². The summed E-state index contributed by atoms with van der Waals surface area (Å²) in [7, 11) is 4.16. The van der Waals surface area contributed by atoms with Crippen LogP contribution in [0.25, 0.3) is 0 Å². The summed E-state index contributed by atoms with van der Waals surface area (Å²) in [6.07, 6.45) is 5.07. The summed E-state index contributed by atoms with van der Waals surface area (Å²) in [5.41, 5.74) is 1.11. The lowest BCUT2D eigenvalue weighted by Gasteiger charge is -2.46. The highest BCUT2D eigenvalue weighted by molar-refractivity contribution is 9.10. The standard InChI is InChI=1S/C23H29BrFNO/c1-26(2)22(18-10-4-5-12-20(18)24)19-11-7-8-15-23(19,27)16-14-17-9-3-6-13-21(17)25/h3-6,9-10,12-13,19,22,27H,7-8,11,14-16H2,1-2H3. The smallest absolute Gasteiger partial charge is 0.126 e. The molecule has 2 nitrogen and oxygen atoms in total. The highest BCUT2D eigenvalue weighted by Gasteiger charge is 2.44. The van der Waals surface area contributed by atoms with Crippen LogP contribution in [-0.4, -0.2) is 29.7 Å². The zero-order chi connectivity index (χ0) is 19.4. The molecule has 1 fully saturated rings. The van der Waals surface area contributed by atoms with E-state index in [1.807, 2.05) is 18.2 Å². The number of benzene rings is 2. The molecular formula is C23H29BrFNO. The number of halogens is 2. The van der Waals surface area contributed by atoms with Gasteiger partial charge in [-0.1, -0.05) is 65.2 Å². The second kappa shape index (κ2) is 8.85. The van der Waals surface area contributed by atoms with E-state index in [2.05, 4.69) is 53.1 Å². The average Bonchev–Trinajstić information content (AvgIpc) is 2.64. The predicted octanol–water partition coefficient (Wildman–Crippen LogP) is 5.75. The van der Waals surface area contributed by atoms with Crippen molar-refractivity contribution in [3.05, 3.63) is 69.9 Å². The summed E-state index contributed by atoms with van der Waals surface area (Å²) < 4.78 is 15.1. The van der Waals surface area contributed by atoms with E-state index in [1.54, 1.807) is 6.07 Å². The Balaban J connectivity index is 1.88. The fraction of sp³-hybridized carbons (Fsp3) is 0.478. The molecule has 0 radical (unpaired) electrons. The molecule has 2 aromatic rings. The largest absolute Gasteiger partial charge is 0.390 e. The van der Waals surface area contributed by atoms with Crippen molar-refractivity contribution in [3.8, 4) is 0 Å². The summed E-state index contributed by atoms with van der Waals surface area (Å²) in [5, 5.41) is 11.7. The zero-order valence-corrected chi connectivity index (χ0v) is 17.8. The Morgan fingerprint density at radius 1 is 1.15 bits per heavy atom. The minimum atomic E-state index is -0.787. The molecule has 27 heavy (non-hydrogen) atoms. The van der Waals surface area contributed by atoms with Crippen molar-refractivity contribution in [3.63, 3.8) is 0 Å². The molecular weight excluding hydrogens is 405 g/mol. The van der Waals surface area contributed by atoms with Gasteiger partial charge >= 0.3 is 0 Å². The van der Waals surface area contributed by atoms with E-state index in [0.717, 1.165) is 30.2 Å². The van der Waals surface area contributed by atoms with Crippen molar-refractivity contribution < 1.29 is 9.50 Å². The van der Waals surface area contributed by atoms with Gasteiger partial charge in [0.25, 0.3) is 0 Å². The first kappa shape index (κ1) is 20.5. The molecule has 1 N–H and O–H groups in total. The normalized spacial score (nSPS) is 24.1. The van der Waals surface area contributed by atoms with Crippen molar-refractivity contribution in [1.82, 2.24) is 4.90 Å². The molecule has 0 heterocycles. The molecule has 3 atom stereocenters. The fourth-order valence-corrected chi connectivity index (χ4v) is 5.15. The van der Waals surface area contributed by atoms with E-state index < -0.39 is 5.60 Å². The minimum absolute atomic E-state index is 0.117. The number of nitrogens with zero attached hydrogens (tertiary/aromatic N) is 1. The lowest BCUT2D eigenvalue weighted by atomic mass is 9.67. The molecule has 0 amide bonds. The first-order valence-corrected chi connectivity index (χ1v) is 10.6. The van der Waals surface area contributed by atoms with Crippen molar-refractivity contribution in [2.45, 2.75) is 50.2 Å². The molecule has 4 heteroatoms. The topological polar surface area (TPSA) is 23.5 Å². The Morgan fingerprint density at radius 3 is 2.56 bits per heavy atom. The number of rotatable bonds is 6. The number of aliphatic hydroxyl groups is 1. The van der Waals surface area contributed by atoms with Crippen LogP contribution in [0.4, 0.5) is 4.39 Å². The maximum atomic E-state index is 14.1. The molecule has 146 valence electrons. The molecule has 0 aliphatic heterocycles. The van der Waals surface area contributed by atoms with Crippen LogP contribution in [-0.2, 0) is 6.42 Å². The third-order valence-corrected chi connectivity index (χ3v) is 6.73. The van der Waals surface area contributed by atoms with Gasteiger partial charge in [-0.15, -0.1) is 0 Å². The Labute approximate surface area is 170 Å². The fourth-order valence-electron chi connectivity index (χ4n) is 4.63. The SMILES string of the molecule is CN(C)C(c1ccccc1Br)C1CCCCC1(O)CCc1ccccc1F. The highest BCUT2D eigenvalue weighted by atomic mass is 79.9. The Bertz CT molecular complexity index is 766. The number of aryl methyl sites for hydroxylation is 1. The van der Waals surface area contributed by atoms with E-state index in [1.165, 1.54) is 11.6 Å². The number of hydrogen-bond acceptors (Lipinski definition) is 2. The third kappa shape index (κ3) is 4.61. The second-order valence-electron chi connectivity index (χ2n) is 7.98. The Hall–Kier alpha value is -1.23. The van der Waals surface area contributed by atoms with E-state index in [9.17, 15) is 9.50 Å². The summed E-state index contributed by atoms with van der Waals surface area (Å²) in [6, 6.07) is 15.3. The van der Waals surface area contributed by atoms with Crippen molar-refractivity contribution >= 4 is 15.9 Å². The van der Waals surface area contributed by atoms with Crippen LogP contribution in [0.3, 0.4) is 0 Å². The van der Waals surface area contributed by atoms with Gasteiger partial charge in [0, 0.05) is 16.4 Å². The lowest BCUT2D eigenvalue weighted by molar-refractivity contribution is -0.0830. The zero-order valence-electron chi connectivity index (χ0n) is 16.2. The minimum Gasteiger partial charge on any atom is -0.390 e. The van der Waals surface area contributed by atoms with Gasteiger partial charge in [0.2, 0.25) is 0 Å². The van der Waals surface area contributed by atoms with Gasteiger partial charge < -0.3 is 10.0 Å². The van der Waals surface area contributed by atoms with Crippen molar-refractivity contribution in [1.29, 1.82) is 0 Å². The van der Waals surface area contributed by atoms with E-state index in [-0.39, 0.29) is 17.8 Å². The van der Waals surface area contributed by atoms with Gasteiger partial charge in [-0.3, -0.25) is 0 Å². The van der Waals surface area contributed by atoms with Crippen LogP contribution in [0, 0.1) is 11.7 Å². The third-order valence-electron chi connectivity index (χ3n) is 6.01. The van der Waals surface area contributed by atoms with Gasteiger partial charge in [-0.05, 0) is 63.0 Å². The van der Waals surface area contributed by atoms with Crippen LogP contribution in [0.2, 0.25) is 0 Å². The molecule has 3 unspecified atom stereocenters. The van der Waals surface area contributed by atoms with E-state index >= 15 is 0 Å². The first-order valence-electron chi connectivity index (χ1n) is 9.79. The van der Waals surface area contributed by atoms with Crippen LogP contribution in [0.1, 0.15) is 49.3 Å². The van der Waals surface area contributed by atoms with Gasteiger partial charge in [-0.25, -0.2) is 4.39 Å². The van der Waals surface area contributed by atoms with Gasteiger partial charge in [0.1, 0.15) is 5.82 Å². The van der Waals surface area contributed by atoms with Crippen LogP contribution >= 0.6 is 15.9 Å². The molecule has 0 saturated heterocycles. The Morgan fingerprint density at radius 2 is 1.85 bits per heavy atom. The molecule has 1 saturated carbocycles. The molecule has 3 rings (SSSR count). The van der Waals surface area contributed by atoms with Gasteiger partial charge in [-0.2, -0.15) is 0 Å². The van der Waals surface area contributed by atoms with Crippen molar-refractivity contribution in [2.75, 3.05) is 14.1 Å². The van der Waals surface area contributed by atoms with Crippen LogP contribution < -0.4 is 0 Å². The summed E-state index contributed by atoms with van der Waals surface area (Å²) in [6.45, 7) is 0. The van der Waals surface area contributed by atoms with E-state index in [0.29, 0.717) is 18.4 Å². The second-order valence-corrected chi connectivity index (χ2v) is 8.83. The average molecular weight is 434 g/mol.